The first-order chi connectivity index (χ1) is 18.0. The van der Waals surface area contributed by atoms with E-state index in [1.54, 1.807) is 26.3 Å². The molecule has 0 N–H and O–H groups in total. The van der Waals surface area contributed by atoms with Gasteiger partial charge in [-0.2, -0.15) is 0 Å². The van der Waals surface area contributed by atoms with E-state index in [0.29, 0.717) is 31.3 Å². The summed E-state index contributed by atoms with van der Waals surface area (Å²) in [4.78, 5) is 25.5. The average molecular weight is 504 g/mol. The third-order valence-electron chi connectivity index (χ3n) is 7.29. The molecule has 0 unspecified atom stereocenters. The van der Waals surface area contributed by atoms with Crippen LogP contribution in [-0.2, 0) is 28.0 Å². The van der Waals surface area contributed by atoms with E-state index in [9.17, 15) is 9.59 Å². The van der Waals surface area contributed by atoms with Crippen molar-refractivity contribution in [2.45, 2.75) is 51.2 Å². The van der Waals surface area contributed by atoms with E-state index < -0.39 is 5.97 Å². The SMILES string of the molecule is CCOC(=O)c1cn2c(cc1=O)-c1cc(OCc3ccccc3)c(OCCCOC)cc1CC21CCC1. The van der Waals surface area contributed by atoms with Crippen molar-refractivity contribution in [1.29, 1.82) is 0 Å². The number of pyridine rings is 1. The molecule has 5 rings (SSSR count). The summed E-state index contributed by atoms with van der Waals surface area (Å²) in [6, 6.07) is 15.6. The first-order valence-electron chi connectivity index (χ1n) is 12.9. The number of methoxy groups -OCH3 is 1. The molecule has 1 aliphatic carbocycles. The molecule has 2 heterocycles. The van der Waals surface area contributed by atoms with Gasteiger partial charge in [0.2, 0.25) is 0 Å². The number of hydrogen-bond donors (Lipinski definition) is 0. The van der Waals surface area contributed by atoms with Gasteiger partial charge in [-0.15, -0.1) is 0 Å². The Bertz CT molecular complexity index is 1330. The highest BCUT2D eigenvalue weighted by Crippen LogP contribution is 2.50. The Morgan fingerprint density at radius 2 is 1.81 bits per heavy atom. The summed E-state index contributed by atoms with van der Waals surface area (Å²) in [5.74, 6) is 0.743. The van der Waals surface area contributed by atoms with E-state index in [-0.39, 0.29) is 23.1 Å². The molecule has 1 spiro atoms. The lowest BCUT2D eigenvalue weighted by atomic mass is 9.69. The molecular weight excluding hydrogens is 470 g/mol. The van der Waals surface area contributed by atoms with Gasteiger partial charge in [0, 0.05) is 43.5 Å². The Balaban J connectivity index is 1.56. The van der Waals surface area contributed by atoms with Crippen LogP contribution in [-0.4, -0.2) is 37.5 Å². The molecule has 0 radical (unpaired) electrons. The molecular formula is C30H33NO6. The van der Waals surface area contributed by atoms with Crippen LogP contribution in [0.1, 0.15) is 54.1 Å². The van der Waals surface area contributed by atoms with E-state index >= 15 is 0 Å². The zero-order valence-corrected chi connectivity index (χ0v) is 21.5. The standard InChI is InChI=1S/C30H33NO6/c1-3-35-29(33)24-19-31-25(17-26(24)32)23-16-28(37-20-21-9-5-4-6-10-21)27(36-14-8-13-34-2)15-22(23)18-30(31)11-7-12-30/h4-6,9-10,15-17,19H,3,7-8,11-14,18,20H2,1-2H3. The Morgan fingerprint density at radius 1 is 1.03 bits per heavy atom. The van der Waals surface area contributed by atoms with Gasteiger partial charge in [0.1, 0.15) is 12.2 Å². The molecule has 1 aliphatic heterocycles. The van der Waals surface area contributed by atoms with E-state index in [1.165, 1.54) is 0 Å². The second-order valence-corrected chi connectivity index (χ2v) is 9.71. The predicted octanol–water partition coefficient (Wildman–Crippen LogP) is 5.12. The van der Waals surface area contributed by atoms with Gasteiger partial charge in [-0.3, -0.25) is 4.79 Å². The van der Waals surface area contributed by atoms with Crippen molar-refractivity contribution in [3.63, 3.8) is 0 Å². The maximum atomic E-state index is 13.0. The second kappa shape index (κ2) is 10.8. The van der Waals surface area contributed by atoms with Crippen LogP contribution in [0.3, 0.4) is 0 Å². The van der Waals surface area contributed by atoms with Gasteiger partial charge < -0.3 is 23.5 Å². The molecule has 0 atom stereocenters. The highest BCUT2D eigenvalue weighted by molar-refractivity contribution is 5.89. The van der Waals surface area contributed by atoms with Gasteiger partial charge in [0.05, 0.1) is 18.9 Å². The van der Waals surface area contributed by atoms with Crippen molar-refractivity contribution in [2.75, 3.05) is 26.9 Å². The van der Waals surface area contributed by atoms with Crippen molar-refractivity contribution in [2.24, 2.45) is 0 Å². The fraction of sp³-hybridized carbons (Fsp3) is 0.400. The Hall–Kier alpha value is -3.58. The lowest BCUT2D eigenvalue weighted by Crippen LogP contribution is -2.46. The van der Waals surface area contributed by atoms with Crippen LogP contribution >= 0.6 is 0 Å². The van der Waals surface area contributed by atoms with Gasteiger partial charge in [0.15, 0.2) is 16.9 Å². The van der Waals surface area contributed by atoms with E-state index in [0.717, 1.165) is 54.5 Å². The Labute approximate surface area is 216 Å². The summed E-state index contributed by atoms with van der Waals surface area (Å²) in [5, 5.41) is 0. The van der Waals surface area contributed by atoms with E-state index in [2.05, 4.69) is 10.6 Å². The number of esters is 1. The van der Waals surface area contributed by atoms with Crippen LogP contribution in [0, 0.1) is 0 Å². The van der Waals surface area contributed by atoms with Gasteiger partial charge in [-0.1, -0.05) is 30.3 Å². The molecule has 2 aromatic carbocycles. The molecule has 0 saturated heterocycles. The normalized spacial score (nSPS) is 14.9. The fourth-order valence-electron chi connectivity index (χ4n) is 5.27. The third-order valence-corrected chi connectivity index (χ3v) is 7.29. The number of benzene rings is 2. The van der Waals surface area contributed by atoms with Gasteiger partial charge in [-0.25, -0.2) is 4.79 Å². The monoisotopic (exact) mass is 503 g/mol. The lowest BCUT2D eigenvalue weighted by molar-refractivity contribution is 0.0521. The number of carbonyl (C=O) groups is 1. The summed E-state index contributed by atoms with van der Waals surface area (Å²) in [6.07, 6.45) is 6.35. The number of aromatic nitrogens is 1. The van der Waals surface area contributed by atoms with E-state index in [4.69, 9.17) is 18.9 Å². The number of nitrogens with zero attached hydrogens (tertiary/aromatic N) is 1. The highest BCUT2D eigenvalue weighted by Gasteiger charge is 2.44. The quantitative estimate of drug-likeness (QED) is 0.282. The van der Waals surface area contributed by atoms with Crippen molar-refractivity contribution < 1.29 is 23.7 Å². The molecule has 1 fully saturated rings. The Kier molecular flexibility index (Phi) is 7.33. The van der Waals surface area contributed by atoms with Gasteiger partial charge in [-0.05, 0) is 55.9 Å². The van der Waals surface area contributed by atoms with Crippen molar-refractivity contribution in [3.8, 4) is 22.8 Å². The smallest absolute Gasteiger partial charge is 0.343 e. The zero-order valence-electron chi connectivity index (χ0n) is 21.5. The minimum absolute atomic E-state index is 0.0824. The minimum atomic E-state index is -0.574. The molecule has 37 heavy (non-hydrogen) atoms. The van der Waals surface area contributed by atoms with Gasteiger partial charge >= 0.3 is 5.97 Å². The maximum absolute atomic E-state index is 13.0. The van der Waals surface area contributed by atoms with Crippen molar-refractivity contribution in [1.82, 2.24) is 4.57 Å². The van der Waals surface area contributed by atoms with Crippen molar-refractivity contribution in [3.05, 3.63) is 81.6 Å². The number of rotatable bonds is 10. The molecule has 2 aliphatic rings. The average Bonchev–Trinajstić information content (AvgIpc) is 2.88. The molecule has 7 nitrogen and oxygen atoms in total. The number of carbonyl (C=O) groups excluding carboxylic acids is 1. The predicted molar refractivity (Wildman–Crippen MR) is 140 cm³/mol. The van der Waals surface area contributed by atoms with Crippen LogP contribution < -0.4 is 14.9 Å². The summed E-state index contributed by atoms with van der Waals surface area (Å²) in [5.41, 5.74) is 3.49. The second-order valence-electron chi connectivity index (χ2n) is 9.71. The fourth-order valence-corrected chi connectivity index (χ4v) is 5.27. The summed E-state index contributed by atoms with van der Waals surface area (Å²) < 4.78 is 24.9. The van der Waals surface area contributed by atoms with Crippen molar-refractivity contribution >= 4 is 5.97 Å². The lowest BCUT2D eigenvalue weighted by Gasteiger charge is -2.48. The first kappa shape index (κ1) is 25.1. The minimum Gasteiger partial charge on any atom is -0.490 e. The molecule has 3 aromatic rings. The molecule has 0 bridgehead atoms. The topological polar surface area (TPSA) is 76.0 Å². The third kappa shape index (κ3) is 5.01. The number of ether oxygens (including phenoxy) is 4. The summed E-state index contributed by atoms with van der Waals surface area (Å²) in [7, 11) is 1.68. The van der Waals surface area contributed by atoms with Crippen LogP contribution in [0.2, 0.25) is 0 Å². The number of fused-ring (bicyclic) bond motifs is 4. The van der Waals surface area contributed by atoms with Crippen LogP contribution in [0.4, 0.5) is 0 Å². The Morgan fingerprint density at radius 3 is 2.51 bits per heavy atom. The maximum Gasteiger partial charge on any atom is 0.343 e. The largest absolute Gasteiger partial charge is 0.490 e. The van der Waals surface area contributed by atoms with Crippen LogP contribution in [0.25, 0.3) is 11.3 Å². The molecule has 7 heteroatoms. The highest BCUT2D eigenvalue weighted by atomic mass is 16.5. The first-order valence-corrected chi connectivity index (χ1v) is 12.9. The van der Waals surface area contributed by atoms with Crippen LogP contribution in [0.5, 0.6) is 11.5 Å². The van der Waals surface area contributed by atoms with E-state index in [1.807, 2.05) is 36.4 Å². The number of hydrogen-bond acceptors (Lipinski definition) is 6. The molecule has 1 saturated carbocycles. The zero-order chi connectivity index (χ0) is 25.8. The molecule has 0 amide bonds. The molecule has 1 aromatic heterocycles. The molecule has 194 valence electrons. The van der Waals surface area contributed by atoms with Crippen LogP contribution in [0.15, 0.2) is 59.5 Å². The van der Waals surface area contributed by atoms with Gasteiger partial charge in [0.25, 0.3) is 0 Å². The summed E-state index contributed by atoms with van der Waals surface area (Å²) in [6.45, 7) is 3.49. The summed E-state index contributed by atoms with van der Waals surface area (Å²) >= 11 is 0.